The number of hydrogen-bond acceptors (Lipinski definition) is 7. The Morgan fingerprint density at radius 3 is 2.58 bits per heavy atom. The topological polar surface area (TPSA) is 87.4 Å². The molecule has 0 bridgehead atoms. The number of pyridine rings is 2. The third-order valence-corrected chi connectivity index (χ3v) is 5.51. The second-order valence-electron chi connectivity index (χ2n) is 7.61. The molecule has 0 aliphatic carbocycles. The van der Waals surface area contributed by atoms with Gasteiger partial charge in [0.05, 0.1) is 6.20 Å². The van der Waals surface area contributed by atoms with Crippen LogP contribution in [0.1, 0.15) is 10.4 Å². The van der Waals surface area contributed by atoms with Crippen LogP contribution in [0, 0.1) is 0 Å². The summed E-state index contributed by atoms with van der Waals surface area (Å²) in [7, 11) is 2.12. The van der Waals surface area contributed by atoms with E-state index < -0.39 is 0 Å². The zero-order valence-electron chi connectivity index (χ0n) is 17.2. The smallest absolute Gasteiger partial charge is 0.256 e. The maximum atomic E-state index is 12.7. The zero-order valence-corrected chi connectivity index (χ0v) is 17.2. The second-order valence-corrected chi connectivity index (χ2v) is 7.61. The van der Waals surface area contributed by atoms with Crippen LogP contribution in [0.4, 0.5) is 11.6 Å². The second kappa shape index (κ2) is 8.16. The minimum atomic E-state index is -0.218. The highest BCUT2D eigenvalue weighted by atomic mass is 16.3. The van der Waals surface area contributed by atoms with Crippen molar-refractivity contribution < 1.29 is 9.21 Å². The maximum Gasteiger partial charge on any atom is 0.256 e. The number of anilines is 2. The Hall–Kier alpha value is -3.78. The maximum absolute atomic E-state index is 12.7. The number of hydrogen-bond donors (Lipinski definition) is 1. The normalized spacial score (nSPS) is 14.7. The minimum Gasteiger partial charge on any atom is -0.444 e. The van der Waals surface area contributed by atoms with Gasteiger partial charge in [0.1, 0.15) is 11.6 Å². The third-order valence-electron chi connectivity index (χ3n) is 5.51. The summed E-state index contributed by atoms with van der Waals surface area (Å²) in [5, 5.41) is 4.95. The van der Waals surface area contributed by atoms with Gasteiger partial charge in [0, 0.05) is 55.1 Å². The third kappa shape index (κ3) is 3.97. The standard InChI is InChI=1S/C23H22N6O2/c1-28-8-10-29(11-9-28)22-19-3-2-17(20-14-25-15-31-20)12-18(19)13-21(26-22)27-23(30)16-4-6-24-7-5-16/h2-7,12-15H,8-11H2,1H3,(H,26,27,30). The van der Waals surface area contributed by atoms with Gasteiger partial charge in [0.15, 0.2) is 12.2 Å². The van der Waals surface area contributed by atoms with Crippen molar-refractivity contribution in [2.75, 3.05) is 43.4 Å². The van der Waals surface area contributed by atoms with Gasteiger partial charge in [-0.3, -0.25) is 9.78 Å². The summed E-state index contributed by atoms with van der Waals surface area (Å²) in [4.78, 5) is 30.1. The molecule has 3 aromatic heterocycles. The Labute approximate surface area is 179 Å². The lowest BCUT2D eigenvalue weighted by Crippen LogP contribution is -2.45. The van der Waals surface area contributed by atoms with Crippen molar-refractivity contribution in [3.05, 3.63) is 66.9 Å². The fraction of sp³-hybridized carbons (Fsp3) is 0.217. The number of aromatic nitrogens is 3. The summed E-state index contributed by atoms with van der Waals surface area (Å²) in [5.74, 6) is 1.87. The molecule has 1 amide bonds. The fourth-order valence-corrected chi connectivity index (χ4v) is 3.77. The SMILES string of the molecule is CN1CCN(c2nc(NC(=O)c3ccncc3)cc3cc(-c4cnco4)ccc23)CC1. The van der Waals surface area contributed by atoms with Crippen LogP contribution in [-0.4, -0.2) is 59.0 Å². The summed E-state index contributed by atoms with van der Waals surface area (Å²) < 4.78 is 5.46. The molecule has 4 heterocycles. The summed E-state index contributed by atoms with van der Waals surface area (Å²) in [6.07, 6.45) is 6.31. The van der Waals surface area contributed by atoms with Gasteiger partial charge in [-0.2, -0.15) is 0 Å². The summed E-state index contributed by atoms with van der Waals surface area (Å²) in [6.45, 7) is 3.69. The van der Waals surface area contributed by atoms with Crippen LogP contribution in [0.2, 0.25) is 0 Å². The molecule has 156 valence electrons. The first kappa shape index (κ1) is 19.2. The minimum absolute atomic E-state index is 0.218. The molecule has 8 heteroatoms. The van der Waals surface area contributed by atoms with E-state index in [9.17, 15) is 4.79 Å². The summed E-state index contributed by atoms with van der Waals surface area (Å²) in [5.41, 5.74) is 1.46. The van der Waals surface area contributed by atoms with E-state index in [1.807, 2.05) is 18.2 Å². The predicted molar refractivity (Wildman–Crippen MR) is 119 cm³/mol. The Bertz CT molecular complexity index is 1200. The van der Waals surface area contributed by atoms with E-state index in [-0.39, 0.29) is 5.91 Å². The van der Waals surface area contributed by atoms with Gasteiger partial charge in [0.25, 0.3) is 5.91 Å². The lowest BCUT2D eigenvalue weighted by Gasteiger charge is -2.34. The van der Waals surface area contributed by atoms with Crippen LogP contribution in [0.3, 0.4) is 0 Å². The largest absolute Gasteiger partial charge is 0.444 e. The molecule has 0 radical (unpaired) electrons. The van der Waals surface area contributed by atoms with Gasteiger partial charge in [-0.25, -0.2) is 9.97 Å². The van der Waals surface area contributed by atoms with Crippen molar-refractivity contribution in [1.82, 2.24) is 19.9 Å². The van der Waals surface area contributed by atoms with Crippen LogP contribution in [0.5, 0.6) is 0 Å². The Kier molecular flexibility index (Phi) is 5.05. The van der Waals surface area contributed by atoms with Crippen molar-refractivity contribution in [2.45, 2.75) is 0 Å². The zero-order chi connectivity index (χ0) is 21.2. The Morgan fingerprint density at radius 1 is 1.03 bits per heavy atom. The lowest BCUT2D eigenvalue weighted by atomic mass is 10.1. The van der Waals surface area contributed by atoms with Crippen molar-refractivity contribution in [2.24, 2.45) is 0 Å². The van der Waals surface area contributed by atoms with E-state index in [2.05, 4.69) is 38.2 Å². The van der Waals surface area contributed by atoms with E-state index in [4.69, 9.17) is 9.40 Å². The molecule has 0 unspecified atom stereocenters. The fourth-order valence-electron chi connectivity index (χ4n) is 3.77. The monoisotopic (exact) mass is 414 g/mol. The Balaban J connectivity index is 1.56. The van der Waals surface area contributed by atoms with Crippen LogP contribution < -0.4 is 10.2 Å². The molecule has 0 atom stereocenters. The lowest BCUT2D eigenvalue weighted by molar-refractivity contribution is 0.102. The summed E-state index contributed by atoms with van der Waals surface area (Å²) in [6, 6.07) is 11.4. The van der Waals surface area contributed by atoms with Gasteiger partial charge >= 0.3 is 0 Å². The predicted octanol–water partition coefficient (Wildman–Crippen LogP) is 3.29. The van der Waals surface area contributed by atoms with Crippen molar-refractivity contribution >= 4 is 28.3 Å². The van der Waals surface area contributed by atoms with E-state index in [1.165, 1.54) is 6.39 Å². The van der Waals surface area contributed by atoms with Gasteiger partial charge in [-0.15, -0.1) is 0 Å². The average molecular weight is 414 g/mol. The quantitative estimate of drug-likeness (QED) is 0.548. The molecule has 0 spiro atoms. The van der Waals surface area contributed by atoms with E-state index in [1.54, 1.807) is 30.7 Å². The van der Waals surface area contributed by atoms with Gasteiger partial charge in [-0.1, -0.05) is 6.07 Å². The van der Waals surface area contributed by atoms with Crippen molar-refractivity contribution in [3.63, 3.8) is 0 Å². The molecule has 1 aliphatic heterocycles. The number of amides is 1. The van der Waals surface area contributed by atoms with Crippen molar-refractivity contribution in [3.8, 4) is 11.3 Å². The average Bonchev–Trinajstić information content (AvgIpc) is 3.34. The number of carbonyl (C=O) groups excluding carboxylic acids is 1. The molecule has 5 rings (SSSR count). The Morgan fingerprint density at radius 2 is 1.84 bits per heavy atom. The molecular formula is C23H22N6O2. The number of likely N-dealkylation sites (N-methyl/N-ethyl adjacent to an activating group) is 1. The van der Waals surface area contributed by atoms with E-state index >= 15 is 0 Å². The van der Waals surface area contributed by atoms with Crippen molar-refractivity contribution in [1.29, 1.82) is 0 Å². The molecule has 1 aromatic carbocycles. The molecule has 0 saturated carbocycles. The van der Waals surface area contributed by atoms with Crippen LogP contribution in [0.15, 0.2) is 65.8 Å². The van der Waals surface area contributed by atoms with Crippen LogP contribution >= 0.6 is 0 Å². The molecular weight excluding hydrogens is 392 g/mol. The van der Waals surface area contributed by atoms with Crippen LogP contribution in [-0.2, 0) is 0 Å². The van der Waals surface area contributed by atoms with Gasteiger partial charge in [-0.05, 0) is 42.8 Å². The number of carbonyl (C=O) groups is 1. The molecule has 4 aromatic rings. The first-order valence-corrected chi connectivity index (χ1v) is 10.2. The molecule has 1 aliphatic rings. The molecule has 1 N–H and O–H groups in total. The van der Waals surface area contributed by atoms with E-state index in [0.29, 0.717) is 17.1 Å². The summed E-state index contributed by atoms with van der Waals surface area (Å²) >= 11 is 0. The highest BCUT2D eigenvalue weighted by Gasteiger charge is 2.20. The van der Waals surface area contributed by atoms with Gasteiger partial charge < -0.3 is 19.5 Å². The number of benzene rings is 1. The number of oxazole rings is 1. The molecule has 1 saturated heterocycles. The highest BCUT2D eigenvalue weighted by Crippen LogP contribution is 2.32. The van der Waals surface area contributed by atoms with Gasteiger partial charge in [0.2, 0.25) is 0 Å². The first-order chi connectivity index (χ1) is 15.2. The molecule has 1 fully saturated rings. The number of nitrogens with zero attached hydrogens (tertiary/aromatic N) is 5. The first-order valence-electron chi connectivity index (χ1n) is 10.2. The molecule has 31 heavy (non-hydrogen) atoms. The number of fused-ring (bicyclic) bond motifs is 1. The number of nitrogens with one attached hydrogen (secondary N) is 1. The van der Waals surface area contributed by atoms with Crippen LogP contribution in [0.25, 0.3) is 22.1 Å². The number of piperazine rings is 1. The number of rotatable bonds is 4. The molecule has 8 nitrogen and oxygen atoms in total. The highest BCUT2D eigenvalue weighted by molar-refractivity contribution is 6.05. The van der Waals surface area contributed by atoms with E-state index in [0.717, 1.165) is 48.3 Å².